The molecule has 3 saturated carbocycles. The molecule has 12 atom stereocenters. The third-order valence-electron chi connectivity index (χ3n) is 13.3. The fourth-order valence-corrected chi connectivity index (χ4v) is 14.0. The maximum Gasteiger partial charge on any atom is 0.479 e. The molecule has 0 aromatic carbocycles. The van der Waals surface area contributed by atoms with Crippen LogP contribution in [0.15, 0.2) is 23.8 Å². The van der Waals surface area contributed by atoms with Crippen LogP contribution in [0.25, 0.3) is 0 Å². The highest BCUT2D eigenvalue weighted by molar-refractivity contribution is 8.13. The Hall–Kier alpha value is -2.12. The number of carbonyl (C=O) groups excluding carboxylic acids is 4. The highest BCUT2D eigenvalue weighted by Gasteiger charge is 2.78. The van der Waals surface area contributed by atoms with Crippen LogP contribution in [0.3, 0.4) is 0 Å². The van der Waals surface area contributed by atoms with Gasteiger partial charge in [-0.2, -0.15) is 0 Å². The Morgan fingerprint density at radius 2 is 1.78 bits per heavy atom. The lowest BCUT2D eigenvalue weighted by Crippen LogP contribution is -2.70. The molecular weight excluding hydrogens is 851 g/mol. The minimum Gasteiger partial charge on any atom is -0.449 e. The van der Waals surface area contributed by atoms with Crippen LogP contribution >= 0.6 is 27.2 Å². The lowest BCUT2D eigenvalue weighted by Gasteiger charge is -2.63. The number of allylic oxidation sites excluding steroid dienone is 4. The molecule has 0 heterocycles. The molecule has 336 valence electrons. The maximum absolute atomic E-state index is 17.7. The molecule has 0 amide bonds. The highest BCUT2D eigenvalue weighted by atomic mass is 32.2. The van der Waals surface area contributed by atoms with Crippen molar-refractivity contribution in [3.63, 3.8) is 0 Å². The third kappa shape index (κ3) is 10.1. The van der Waals surface area contributed by atoms with E-state index in [-0.39, 0.29) is 93.6 Å². The van der Waals surface area contributed by atoms with Crippen LogP contribution in [-0.2, 0) is 46.6 Å². The third-order valence-corrected chi connectivity index (χ3v) is 17.2. The largest absolute Gasteiger partial charge is 0.479 e. The van der Waals surface area contributed by atoms with Crippen molar-refractivity contribution in [2.75, 3.05) is 25.4 Å². The zero-order valence-electron chi connectivity index (χ0n) is 34.3. The van der Waals surface area contributed by atoms with Gasteiger partial charge in [-0.3, -0.25) is 28.3 Å². The number of hydrogen-bond acceptors (Lipinski definition) is 12. The Bertz CT molecular complexity index is 1870. The zero-order valence-corrected chi connectivity index (χ0v) is 36.9. The number of aliphatic hydroxyl groups is 1. The molecule has 0 aliphatic heterocycles. The van der Waals surface area contributed by atoms with E-state index in [1.54, 1.807) is 13.8 Å². The number of thioether (sulfide) groups is 1. The highest BCUT2D eigenvalue weighted by Crippen LogP contribution is 2.72. The molecule has 0 spiro atoms. The number of fused-ring (bicyclic) bond motifs is 5. The van der Waals surface area contributed by atoms with Crippen molar-refractivity contribution in [2.45, 2.75) is 140 Å². The second-order valence-electron chi connectivity index (χ2n) is 17.2. The number of esters is 1. The van der Waals surface area contributed by atoms with E-state index in [1.165, 1.54) is 13.0 Å². The van der Waals surface area contributed by atoms with Crippen LogP contribution in [-0.4, -0.2) is 92.6 Å². The van der Waals surface area contributed by atoms with Crippen molar-refractivity contribution in [1.29, 1.82) is 0 Å². The van der Waals surface area contributed by atoms with E-state index in [1.807, 2.05) is 0 Å². The number of ketones is 2. The van der Waals surface area contributed by atoms with Crippen LogP contribution < -0.4 is 0 Å². The maximum atomic E-state index is 17.7. The first-order chi connectivity index (χ1) is 28.2. The van der Waals surface area contributed by atoms with E-state index in [0.29, 0.717) is 0 Å². The average molecular weight is 909 g/mol. The number of ether oxygens (including phenoxy) is 2. The van der Waals surface area contributed by atoms with Crippen molar-refractivity contribution in [3.8, 4) is 11.8 Å². The monoisotopic (exact) mass is 908 g/mol. The minimum absolute atomic E-state index is 0.0254. The van der Waals surface area contributed by atoms with E-state index in [9.17, 15) is 47.6 Å². The number of carbonyl (C=O) groups is 4. The van der Waals surface area contributed by atoms with E-state index >= 15 is 8.78 Å². The number of Topliss-reactive ketones (excluding diaryl/α,β-unsaturated/α-hetero) is 1. The molecule has 19 heteroatoms. The van der Waals surface area contributed by atoms with Crippen LogP contribution in [0.2, 0.25) is 0 Å². The van der Waals surface area contributed by atoms with Crippen molar-refractivity contribution in [1.82, 2.24) is 0 Å². The lowest BCUT2D eigenvalue weighted by atomic mass is 9.44. The summed E-state index contributed by atoms with van der Waals surface area (Å²) in [7, 11) is -9.64. The number of phosphoric acid groups is 1. The summed E-state index contributed by atoms with van der Waals surface area (Å²) in [5.41, 5.74) is -7.63. The van der Waals surface area contributed by atoms with Gasteiger partial charge in [0, 0.05) is 41.9 Å². The zero-order chi connectivity index (χ0) is 44.1. The molecule has 5 aliphatic carbocycles. The quantitative estimate of drug-likeness (QED) is 0.0495. The molecule has 60 heavy (non-hydrogen) atoms. The Kier molecular flexibility index (Phi) is 16.1. The summed E-state index contributed by atoms with van der Waals surface area (Å²) in [6.45, 7) is 4.08. The Morgan fingerprint density at radius 3 is 2.52 bits per heavy atom. The summed E-state index contributed by atoms with van der Waals surface area (Å²) in [4.78, 5) is 72.1. The van der Waals surface area contributed by atoms with Crippen LogP contribution in [0, 0.1) is 40.4 Å². The van der Waals surface area contributed by atoms with Gasteiger partial charge >= 0.3 is 21.4 Å². The smallest absolute Gasteiger partial charge is 0.449 e. The molecule has 3 fully saturated rings. The fraction of sp³-hybridized carbons (Fsp3) is 0.756. The number of aliphatic hydroxyl groups excluding tert-OH is 1. The first-order valence-corrected chi connectivity index (χ1v) is 24.9. The van der Waals surface area contributed by atoms with Gasteiger partial charge in [-0.15, -0.1) is 5.92 Å². The molecule has 5 aliphatic rings. The summed E-state index contributed by atoms with van der Waals surface area (Å²) in [6, 6.07) is -1.15. The van der Waals surface area contributed by atoms with Gasteiger partial charge < -0.3 is 24.4 Å². The van der Waals surface area contributed by atoms with Gasteiger partial charge in [-0.1, -0.05) is 38.7 Å². The van der Waals surface area contributed by atoms with E-state index in [4.69, 9.17) is 14.0 Å². The number of hydrogen-bond donors (Lipinski definition) is 3. The first kappa shape index (κ1) is 48.9. The van der Waals surface area contributed by atoms with E-state index < -0.39 is 103 Å². The summed E-state index contributed by atoms with van der Waals surface area (Å²) in [5.74, 6) is 1.67. The van der Waals surface area contributed by atoms with Crippen LogP contribution in [0.5, 0.6) is 0 Å². The number of rotatable bonds is 19. The molecule has 0 radical (unpaired) electrons. The number of unbranched alkanes of at least 4 members (excludes halogenated alkanes) is 2. The fourth-order valence-electron chi connectivity index (χ4n) is 10.4. The van der Waals surface area contributed by atoms with Gasteiger partial charge in [0.05, 0.1) is 18.9 Å². The Morgan fingerprint density at radius 1 is 1.03 bits per heavy atom. The van der Waals surface area contributed by atoms with Crippen molar-refractivity contribution in [3.05, 3.63) is 23.8 Å². The SMILES string of the molecule is C[C@@H]1C[C@H]2[C@@H]3C[C@H](F)C4=CC(=O)C=C[C@]4(C)[C@@]3(F)[C@@H](O)C[C@]2(C)[C@@]1(OC(=O)CCCCCP(=O)(O)OP(=O)(O)OCCCC(=O)COC1C#CCCCCC1)C(=O)SCF. The molecular formula is C41H57F3O13P2S. The van der Waals surface area contributed by atoms with Gasteiger partial charge in [-0.25, -0.2) is 22.0 Å². The van der Waals surface area contributed by atoms with Gasteiger partial charge in [0.1, 0.15) is 24.9 Å². The first-order valence-electron chi connectivity index (χ1n) is 20.7. The number of alkyl halides is 3. The predicted molar refractivity (Wildman–Crippen MR) is 215 cm³/mol. The average Bonchev–Trinajstić information content (AvgIpc) is 3.36. The summed E-state index contributed by atoms with van der Waals surface area (Å²) < 4.78 is 93.3. The molecule has 13 nitrogen and oxygen atoms in total. The molecule has 0 aromatic heterocycles. The van der Waals surface area contributed by atoms with Crippen molar-refractivity contribution >= 4 is 49.8 Å². The number of halogens is 3. The van der Waals surface area contributed by atoms with Crippen molar-refractivity contribution < 1.29 is 74.7 Å². The van der Waals surface area contributed by atoms with Crippen LogP contribution in [0.1, 0.15) is 111 Å². The summed E-state index contributed by atoms with van der Waals surface area (Å²) in [6.07, 6.45) is 2.90. The molecule has 0 saturated heterocycles. The second-order valence-corrected chi connectivity index (χ2v) is 21.6. The normalized spacial score (nSPS) is 36.8. The molecule has 0 bridgehead atoms. The summed E-state index contributed by atoms with van der Waals surface area (Å²) >= 11 is 0.289. The van der Waals surface area contributed by atoms with Crippen LogP contribution in [0.4, 0.5) is 13.2 Å². The topological polar surface area (TPSA) is 200 Å². The molecule has 3 N–H and O–H groups in total. The second kappa shape index (κ2) is 19.7. The predicted octanol–water partition coefficient (Wildman–Crippen LogP) is 7.60. The van der Waals surface area contributed by atoms with Gasteiger partial charge in [0.25, 0.3) is 0 Å². The molecule has 0 aromatic rings. The van der Waals surface area contributed by atoms with Gasteiger partial charge in [0.2, 0.25) is 5.12 Å². The van der Waals surface area contributed by atoms with Crippen molar-refractivity contribution in [2.24, 2.45) is 28.6 Å². The van der Waals surface area contributed by atoms with E-state index in [0.717, 1.165) is 44.3 Å². The molecule has 3 unspecified atom stereocenters. The minimum atomic E-state index is -4.98. The molecule has 5 rings (SSSR count). The van der Waals surface area contributed by atoms with Gasteiger partial charge in [-0.05, 0) is 100 Å². The van der Waals surface area contributed by atoms with Gasteiger partial charge in [0.15, 0.2) is 22.8 Å². The summed E-state index contributed by atoms with van der Waals surface area (Å²) in [5, 5.41) is 10.9. The lowest BCUT2D eigenvalue weighted by molar-refractivity contribution is -0.228. The standard InChI is InChI=1S/C41H57F3O13P2S/c1-27-21-31-32-23-34(43)33-22-28(45)17-18-38(33,2)40(32,44)35(47)24-39(31,3)41(27,37(49)60-26-42)56-36(48)16-10-7-11-20-58(50,51)57-59(52,53)55-19-12-13-29(46)25-54-30-14-8-5-4-6-9-15-30/h17-18,22,27,30-32,34-35,47H,4-8,10-14,16,19-21,23-26H2,1-3H3,(H,50,51)(H,52,53)/t27-,30?,31+,32+,34+,35+,38+,39+,40+,41+/m1/s1. The Balaban J connectivity index is 1.12. The van der Waals surface area contributed by atoms with E-state index in [2.05, 4.69) is 16.2 Å². The number of phosphoric ester groups is 1. The Labute approximate surface area is 353 Å².